The summed E-state index contributed by atoms with van der Waals surface area (Å²) in [5, 5.41) is 2.75. The third-order valence-electron chi connectivity index (χ3n) is 1.27. The van der Waals surface area contributed by atoms with Crippen molar-refractivity contribution in [2.75, 3.05) is 18.1 Å². The van der Waals surface area contributed by atoms with Crippen molar-refractivity contribution in [2.24, 2.45) is 0 Å². The molecule has 2 nitrogen and oxygen atoms in total. The Morgan fingerprint density at radius 3 is 2.85 bits per heavy atom. The van der Waals surface area contributed by atoms with Gasteiger partial charge in [0.1, 0.15) is 0 Å². The minimum Gasteiger partial charge on any atom is -0.356 e. The summed E-state index contributed by atoms with van der Waals surface area (Å²) in [6, 6.07) is 0. The van der Waals surface area contributed by atoms with Gasteiger partial charge in [-0.25, -0.2) is 0 Å². The fourth-order valence-electron chi connectivity index (χ4n) is 0.696. The molecule has 0 aromatic carbocycles. The van der Waals surface area contributed by atoms with Crippen molar-refractivity contribution in [1.82, 2.24) is 5.32 Å². The largest absolute Gasteiger partial charge is 0.356 e. The van der Waals surface area contributed by atoms with Crippen LogP contribution in [0.2, 0.25) is 0 Å². The second-order valence-corrected chi connectivity index (χ2v) is 3.66. The zero-order chi connectivity index (χ0) is 9.94. The molecule has 0 saturated heterocycles. The summed E-state index contributed by atoms with van der Waals surface area (Å²) in [6.07, 6.45) is 8.15. The van der Waals surface area contributed by atoms with Crippen LogP contribution < -0.4 is 5.32 Å². The van der Waals surface area contributed by atoms with E-state index in [0.717, 1.165) is 18.1 Å². The highest BCUT2D eigenvalue weighted by atomic mass is 32.2. The molecule has 1 N–H and O–H groups in total. The maximum absolute atomic E-state index is 10.5. The Balaban J connectivity index is 3.12. The van der Waals surface area contributed by atoms with Crippen molar-refractivity contribution in [1.29, 1.82) is 0 Å². The lowest BCUT2D eigenvalue weighted by Gasteiger charge is -1.99. The van der Waals surface area contributed by atoms with Gasteiger partial charge in [0.2, 0.25) is 5.91 Å². The molecule has 0 bridgehead atoms. The second kappa shape index (κ2) is 9.39. The van der Waals surface area contributed by atoms with E-state index in [2.05, 4.69) is 11.4 Å². The summed E-state index contributed by atoms with van der Waals surface area (Å²) in [6.45, 7) is 4.29. The third kappa shape index (κ3) is 11.3. The standard InChI is InChI=1S/C10H17NOS/c1-3-4-5-6-8-13-9-7-11-10(2)12/h3-6H,7-9H2,1-2H3,(H,11,12)/b4-3+,6-5+. The first-order valence-electron chi connectivity index (χ1n) is 4.37. The maximum atomic E-state index is 10.5. The molecule has 1 amide bonds. The number of hydrogen-bond acceptors (Lipinski definition) is 2. The highest BCUT2D eigenvalue weighted by Gasteiger charge is 1.88. The van der Waals surface area contributed by atoms with Gasteiger partial charge in [-0.15, -0.1) is 0 Å². The summed E-state index contributed by atoms with van der Waals surface area (Å²) in [5.74, 6) is 2.02. The summed E-state index contributed by atoms with van der Waals surface area (Å²) in [5.41, 5.74) is 0. The molecule has 13 heavy (non-hydrogen) atoms. The van der Waals surface area contributed by atoms with Gasteiger partial charge in [0.05, 0.1) is 0 Å². The fraction of sp³-hybridized carbons (Fsp3) is 0.500. The van der Waals surface area contributed by atoms with Gasteiger partial charge in [0, 0.05) is 25.0 Å². The highest BCUT2D eigenvalue weighted by Crippen LogP contribution is 1.98. The van der Waals surface area contributed by atoms with Crippen LogP contribution in [0.4, 0.5) is 0 Å². The van der Waals surface area contributed by atoms with Crippen molar-refractivity contribution in [3.63, 3.8) is 0 Å². The van der Waals surface area contributed by atoms with Crippen LogP contribution in [0.25, 0.3) is 0 Å². The monoisotopic (exact) mass is 199 g/mol. The molecule has 0 saturated carbocycles. The first-order chi connectivity index (χ1) is 6.27. The van der Waals surface area contributed by atoms with E-state index in [4.69, 9.17) is 0 Å². The van der Waals surface area contributed by atoms with Gasteiger partial charge in [-0.3, -0.25) is 4.79 Å². The SMILES string of the molecule is C/C=C/C=C/CSCCNC(C)=O. The van der Waals surface area contributed by atoms with E-state index in [1.54, 1.807) is 0 Å². The van der Waals surface area contributed by atoms with Crippen LogP contribution in [0.5, 0.6) is 0 Å². The number of carbonyl (C=O) groups is 1. The van der Waals surface area contributed by atoms with Crippen molar-refractivity contribution in [2.45, 2.75) is 13.8 Å². The zero-order valence-corrected chi connectivity index (χ0v) is 9.06. The van der Waals surface area contributed by atoms with E-state index in [-0.39, 0.29) is 5.91 Å². The van der Waals surface area contributed by atoms with Crippen LogP contribution in [-0.4, -0.2) is 24.0 Å². The molecule has 0 aliphatic heterocycles. The highest BCUT2D eigenvalue weighted by molar-refractivity contribution is 7.99. The minimum absolute atomic E-state index is 0.0464. The Bertz CT molecular complexity index is 187. The Morgan fingerprint density at radius 2 is 2.23 bits per heavy atom. The van der Waals surface area contributed by atoms with Gasteiger partial charge in [-0.2, -0.15) is 11.8 Å². The van der Waals surface area contributed by atoms with Gasteiger partial charge in [0.25, 0.3) is 0 Å². The molecule has 0 aliphatic rings. The predicted molar refractivity (Wildman–Crippen MR) is 60.0 cm³/mol. The molecule has 0 radical (unpaired) electrons. The number of nitrogens with one attached hydrogen (secondary N) is 1. The number of thioether (sulfide) groups is 1. The van der Waals surface area contributed by atoms with Crippen LogP contribution in [-0.2, 0) is 4.79 Å². The first kappa shape index (κ1) is 12.3. The van der Waals surface area contributed by atoms with Gasteiger partial charge >= 0.3 is 0 Å². The number of carbonyl (C=O) groups excluding carboxylic acids is 1. The van der Waals surface area contributed by atoms with Crippen LogP contribution in [0, 0.1) is 0 Å². The molecule has 0 atom stereocenters. The molecule has 0 fully saturated rings. The van der Waals surface area contributed by atoms with Crippen molar-refractivity contribution >= 4 is 17.7 Å². The molecule has 74 valence electrons. The Kier molecular flexibility index (Phi) is 8.88. The van der Waals surface area contributed by atoms with Gasteiger partial charge in [0.15, 0.2) is 0 Å². The van der Waals surface area contributed by atoms with Crippen molar-refractivity contribution in [3.05, 3.63) is 24.3 Å². The normalized spacial score (nSPS) is 11.2. The summed E-state index contributed by atoms with van der Waals surface area (Å²) in [4.78, 5) is 10.5. The summed E-state index contributed by atoms with van der Waals surface area (Å²) < 4.78 is 0. The molecule has 0 aromatic rings. The first-order valence-corrected chi connectivity index (χ1v) is 5.53. The average Bonchev–Trinajstić information content (AvgIpc) is 2.09. The topological polar surface area (TPSA) is 29.1 Å². The molecule has 0 spiro atoms. The molecule has 3 heteroatoms. The van der Waals surface area contributed by atoms with Crippen LogP contribution in [0.1, 0.15) is 13.8 Å². The molecule has 0 aliphatic carbocycles. The fourth-order valence-corrected chi connectivity index (χ4v) is 1.36. The smallest absolute Gasteiger partial charge is 0.216 e. The lowest BCUT2D eigenvalue weighted by atomic mass is 10.5. The van der Waals surface area contributed by atoms with E-state index in [1.165, 1.54) is 6.92 Å². The molecule has 0 aromatic heterocycles. The van der Waals surface area contributed by atoms with Gasteiger partial charge < -0.3 is 5.32 Å². The number of hydrogen-bond donors (Lipinski definition) is 1. The van der Waals surface area contributed by atoms with E-state index >= 15 is 0 Å². The molecule has 0 heterocycles. The Labute approximate surface area is 84.5 Å². The number of amides is 1. The predicted octanol–water partition coefficient (Wildman–Crippen LogP) is 1.99. The van der Waals surface area contributed by atoms with E-state index in [1.807, 2.05) is 36.9 Å². The molecular formula is C10H17NOS. The minimum atomic E-state index is 0.0464. The van der Waals surface area contributed by atoms with Crippen molar-refractivity contribution in [3.8, 4) is 0 Å². The Morgan fingerprint density at radius 1 is 1.46 bits per heavy atom. The van der Waals surface area contributed by atoms with E-state index < -0.39 is 0 Å². The van der Waals surface area contributed by atoms with Crippen LogP contribution in [0.3, 0.4) is 0 Å². The summed E-state index contributed by atoms with van der Waals surface area (Å²) in [7, 11) is 0. The lowest BCUT2D eigenvalue weighted by molar-refractivity contribution is -0.118. The van der Waals surface area contributed by atoms with Crippen molar-refractivity contribution < 1.29 is 4.79 Å². The zero-order valence-electron chi connectivity index (χ0n) is 8.25. The van der Waals surface area contributed by atoms with E-state index in [0.29, 0.717) is 0 Å². The number of rotatable bonds is 6. The average molecular weight is 199 g/mol. The van der Waals surface area contributed by atoms with E-state index in [9.17, 15) is 4.79 Å². The van der Waals surface area contributed by atoms with Gasteiger partial charge in [-0.05, 0) is 6.92 Å². The van der Waals surface area contributed by atoms with Crippen LogP contribution in [0.15, 0.2) is 24.3 Å². The number of allylic oxidation sites excluding steroid dienone is 3. The maximum Gasteiger partial charge on any atom is 0.216 e. The quantitative estimate of drug-likeness (QED) is 0.523. The Hall–Kier alpha value is -0.700. The van der Waals surface area contributed by atoms with Gasteiger partial charge in [-0.1, -0.05) is 24.3 Å². The second-order valence-electron chi connectivity index (χ2n) is 2.51. The lowest BCUT2D eigenvalue weighted by Crippen LogP contribution is -2.22. The van der Waals surface area contributed by atoms with Crippen LogP contribution >= 0.6 is 11.8 Å². The third-order valence-corrected chi connectivity index (χ3v) is 2.20. The molecule has 0 unspecified atom stereocenters. The molecular weight excluding hydrogens is 182 g/mol. The summed E-state index contributed by atoms with van der Waals surface area (Å²) >= 11 is 1.81. The molecule has 0 rings (SSSR count).